The Hall–Kier alpha value is -3.82. The van der Waals surface area contributed by atoms with Crippen LogP contribution in [0.4, 0.5) is 13.2 Å². The predicted molar refractivity (Wildman–Crippen MR) is 109 cm³/mol. The maximum absolute atomic E-state index is 12.8. The number of nitrogens with zero attached hydrogens (tertiary/aromatic N) is 3. The smallest absolute Gasteiger partial charge is 0.425 e. The van der Waals surface area contributed by atoms with Crippen molar-refractivity contribution >= 4 is 16.9 Å². The molecule has 0 radical (unpaired) electrons. The van der Waals surface area contributed by atoms with Gasteiger partial charge in [0.25, 0.3) is 5.89 Å². The molecule has 0 aliphatic heterocycles. The van der Waals surface area contributed by atoms with E-state index < -0.39 is 18.2 Å². The lowest BCUT2D eigenvalue weighted by Crippen LogP contribution is -2.31. The van der Waals surface area contributed by atoms with Crippen LogP contribution >= 0.6 is 0 Å². The summed E-state index contributed by atoms with van der Waals surface area (Å²) in [6.07, 6.45) is -4.72. The van der Waals surface area contributed by atoms with Crippen molar-refractivity contribution in [1.82, 2.24) is 14.7 Å². The Morgan fingerprint density at radius 2 is 2.03 bits per heavy atom. The van der Waals surface area contributed by atoms with Crippen molar-refractivity contribution in [3.8, 4) is 28.6 Å². The highest BCUT2D eigenvalue weighted by Gasteiger charge is 2.38. The van der Waals surface area contributed by atoms with Gasteiger partial charge >= 0.3 is 12.1 Å². The number of aliphatic carboxylic acids is 1. The van der Waals surface area contributed by atoms with Crippen LogP contribution in [0.15, 0.2) is 53.2 Å². The fourth-order valence-corrected chi connectivity index (χ4v) is 3.32. The first kappa shape index (κ1) is 21.4. The lowest BCUT2D eigenvalue weighted by molar-refractivity contribution is -0.189. The summed E-state index contributed by atoms with van der Waals surface area (Å²) in [6.45, 7) is 2.40. The van der Waals surface area contributed by atoms with Crippen LogP contribution in [0, 0.1) is 6.92 Å². The topological polar surface area (TPSA) is 90.4 Å². The molecule has 2 aromatic carbocycles. The van der Waals surface area contributed by atoms with Crippen LogP contribution in [-0.4, -0.2) is 38.1 Å². The molecule has 10 heteroatoms. The van der Waals surface area contributed by atoms with Gasteiger partial charge in [0.15, 0.2) is 6.10 Å². The zero-order valence-corrected chi connectivity index (χ0v) is 17.1. The third kappa shape index (κ3) is 4.16. The maximum Gasteiger partial charge on any atom is 0.425 e. The van der Waals surface area contributed by atoms with Gasteiger partial charge in [-0.2, -0.15) is 18.2 Å². The molecule has 4 aromatic rings. The number of aromatic nitrogens is 3. The minimum atomic E-state index is -4.46. The summed E-state index contributed by atoms with van der Waals surface area (Å²) in [5.41, 5.74) is 2.40. The summed E-state index contributed by atoms with van der Waals surface area (Å²) < 4.78 is 50.3. The molecule has 0 unspecified atom stereocenters. The maximum atomic E-state index is 12.8. The van der Waals surface area contributed by atoms with Crippen molar-refractivity contribution in [2.45, 2.75) is 32.7 Å². The molecule has 0 spiro atoms. The number of benzene rings is 2. The quantitative estimate of drug-likeness (QED) is 0.445. The van der Waals surface area contributed by atoms with Crippen molar-refractivity contribution in [3.05, 3.63) is 54.2 Å². The third-order valence-corrected chi connectivity index (χ3v) is 4.97. The van der Waals surface area contributed by atoms with E-state index in [9.17, 15) is 18.0 Å². The zero-order chi connectivity index (χ0) is 23.0. The van der Waals surface area contributed by atoms with E-state index in [-0.39, 0.29) is 18.2 Å². The fourth-order valence-electron chi connectivity index (χ4n) is 3.32. The summed E-state index contributed by atoms with van der Waals surface area (Å²) in [4.78, 5) is 15.5. The highest BCUT2D eigenvalue weighted by Crippen LogP contribution is 2.32. The van der Waals surface area contributed by atoms with E-state index in [1.54, 1.807) is 54.1 Å². The highest BCUT2D eigenvalue weighted by atomic mass is 19.4. The molecule has 0 fully saturated rings. The van der Waals surface area contributed by atoms with E-state index in [4.69, 9.17) is 14.4 Å². The molecule has 0 bridgehead atoms. The van der Waals surface area contributed by atoms with Crippen LogP contribution in [0.25, 0.3) is 33.7 Å². The number of ether oxygens (including phenoxy) is 1. The van der Waals surface area contributed by atoms with Crippen molar-refractivity contribution in [1.29, 1.82) is 0 Å². The third-order valence-electron chi connectivity index (χ3n) is 4.97. The van der Waals surface area contributed by atoms with Crippen molar-refractivity contribution in [2.24, 2.45) is 0 Å². The SMILES string of the molecule is Cc1cc(-c2nc(-c3cccc4c3ccn4CC(=O)O)no2)ccc1O[C@@H](C)C(F)(F)F. The average Bonchev–Trinajstić information content (AvgIpc) is 3.36. The summed E-state index contributed by atoms with van der Waals surface area (Å²) in [6, 6.07) is 11.7. The summed E-state index contributed by atoms with van der Waals surface area (Å²) in [5.74, 6) is -0.340. The average molecular weight is 445 g/mol. The zero-order valence-electron chi connectivity index (χ0n) is 17.1. The molecule has 2 aromatic heterocycles. The van der Waals surface area contributed by atoms with Gasteiger partial charge in [0, 0.05) is 28.2 Å². The Bertz CT molecular complexity index is 1290. The van der Waals surface area contributed by atoms with Gasteiger partial charge in [-0.1, -0.05) is 17.3 Å². The second kappa shape index (κ2) is 8.03. The van der Waals surface area contributed by atoms with Gasteiger partial charge < -0.3 is 18.9 Å². The van der Waals surface area contributed by atoms with E-state index in [0.717, 1.165) is 12.3 Å². The molecule has 32 heavy (non-hydrogen) atoms. The molecule has 1 N–H and O–H groups in total. The van der Waals surface area contributed by atoms with Gasteiger partial charge in [-0.05, 0) is 49.7 Å². The minimum absolute atomic E-state index is 0.114. The number of aryl methyl sites for hydroxylation is 1. The van der Waals surface area contributed by atoms with Crippen LogP contribution < -0.4 is 4.74 Å². The van der Waals surface area contributed by atoms with Gasteiger partial charge in [-0.15, -0.1) is 0 Å². The van der Waals surface area contributed by atoms with Crippen LogP contribution in [0.3, 0.4) is 0 Å². The largest absolute Gasteiger partial charge is 0.481 e. The van der Waals surface area contributed by atoms with Crippen LogP contribution in [0.5, 0.6) is 5.75 Å². The lowest BCUT2D eigenvalue weighted by atomic mass is 10.1. The summed E-state index contributed by atoms with van der Waals surface area (Å²) >= 11 is 0. The number of alkyl halides is 3. The standard InChI is InChI=1S/C22H18F3N3O4/c1-12-10-14(6-7-18(12)31-13(2)22(23,24)25)21-26-20(27-32-21)16-4-3-5-17-15(16)8-9-28(17)11-19(29)30/h3-10,13H,11H2,1-2H3,(H,29,30)/t13-/m0/s1. The Morgan fingerprint density at radius 1 is 1.25 bits per heavy atom. The van der Waals surface area contributed by atoms with Gasteiger partial charge in [0.1, 0.15) is 12.3 Å². The predicted octanol–water partition coefficient (Wildman–Crippen LogP) is 5.08. The molecule has 0 saturated heterocycles. The van der Waals surface area contributed by atoms with E-state index in [1.165, 1.54) is 6.07 Å². The lowest BCUT2D eigenvalue weighted by Gasteiger charge is -2.19. The molecule has 1 atom stereocenters. The Balaban J connectivity index is 1.63. The van der Waals surface area contributed by atoms with Crippen molar-refractivity contribution < 1.29 is 32.3 Å². The second-order valence-corrected chi connectivity index (χ2v) is 7.28. The van der Waals surface area contributed by atoms with E-state index >= 15 is 0 Å². The molecule has 0 aliphatic carbocycles. The Morgan fingerprint density at radius 3 is 2.72 bits per heavy atom. The normalized spacial score (nSPS) is 12.8. The molecule has 2 heterocycles. The first-order valence-corrected chi connectivity index (χ1v) is 9.61. The number of rotatable bonds is 6. The summed E-state index contributed by atoms with van der Waals surface area (Å²) in [5, 5.41) is 13.9. The fraction of sp³-hybridized carbons (Fsp3) is 0.227. The molecule has 0 saturated carbocycles. The van der Waals surface area contributed by atoms with E-state index in [0.29, 0.717) is 28.0 Å². The molecule has 4 rings (SSSR count). The van der Waals surface area contributed by atoms with Gasteiger partial charge in [-0.3, -0.25) is 4.79 Å². The number of carbonyl (C=O) groups is 1. The van der Waals surface area contributed by atoms with E-state index in [2.05, 4.69) is 10.1 Å². The first-order valence-electron chi connectivity index (χ1n) is 9.61. The van der Waals surface area contributed by atoms with Gasteiger partial charge in [-0.25, -0.2) is 0 Å². The minimum Gasteiger partial charge on any atom is -0.481 e. The molecule has 7 nitrogen and oxygen atoms in total. The van der Waals surface area contributed by atoms with Crippen LogP contribution in [0.2, 0.25) is 0 Å². The molecular weight excluding hydrogens is 427 g/mol. The van der Waals surface area contributed by atoms with Crippen molar-refractivity contribution in [3.63, 3.8) is 0 Å². The number of halogens is 3. The highest BCUT2D eigenvalue weighted by molar-refractivity contribution is 5.94. The van der Waals surface area contributed by atoms with Crippen LogP contribution in [0.1, 0.15) is 12.5 Å². The number of fused-ring (bicyclic) bond motifs is 1. The first-order chi connectivity index (χ1) is 15.1. The molecular formula is C22H18F3N3O4. The Labute approximate surface area is 180 Å². The second-order valence-electron chi connectivity index (χ2n) is 7.28. The molecule has 166 valence electrons. The number of hydrogen-bond donors (Lipinski definition) is 1. The van der Waals surface area contributed by atoms with E-state index in [1.807, 2.05) is 0 Å². The Kier molecular flexibility index (Phi) is 5.37. The monoisotopic (exact) mass is 445 g/mol. The van der Waals surface area contributed by atoms with Crippen molar-refractivity contribution in [2.75, 3.05) is 0 Å². The molecule has 0 amide bonds. The number of carboxylic acid groups (broad SMARTS) is 1. The van der Waals surface area contributed by atoms with Crippen LogP contribution in [-0.2, 0) is 11.3 Å². The number of carboxylic acids is 1. The molecule has 0 aliphatic rings. The summed E-state index contributed by atoms with van der Waals surface area (Å²) in [7, 11) is 0. The van der Waals surface area contributed by atoms with Gasteiger partial charge in [0.2, 0.25) is 5.82 Å². The van der Waals surface area contributed by atoms with Gasteiger partial charge in [0.05, 0.1) is 0 Å². The number of hydrogen-bond acceptors (Lipinski definition) is 5.